The lowest BCUT2D eigenvalue weighted by atomic mass is 10.2. The molecule has 2 aromatic rings. The summed E-state index contributed by atoms with van der Waals surface area (Å²) >= 11 is 1.10. The molecule has 0 unspecified atom stereocenters. The van der Waals surface area contributed by atoms with Gasteiger partial charge in [-0.1, -0.05) is 37.2 Å². The minimum absolute atomic E-state index is 0.0304. The highest BCUT2D eigenvalue weighted by Crippen LogP contribution is 2.17. The molecule has 0 bridgehead atoms. The molecule has 0 saturated carbocycles. The summed E-state index contributed by atoms with van der Waals surface area (Å²) in [4.78, 5) is 35.9. The summed E-state index contributed by atoms with van der Waals surface area (Å²) in [6.07, 6.45) is 1.78. The van der Waals surface area contributed by atoms with Crippen molar-refractivity contribution in [2.45, 2.75) is 31.5 Å². The summed E-state index contributed by atoms with van der Waals surface area (Å²) in [5, 5.41) is 9.02. The molecular formula is C16H20N4O4S. The number of carbonyl (C=O) groups excluding carboxylic acids is 2. The van der Waals surface area contributed by atoms with Crippen LogP contribution in [0.25, 0.3) is 0 Å². The molecule has 25 heavy (non-hydrogen) atoms. The van der Waals surface area contributed by atoms with Crippen LogP contribution >= 0.6 is 11.8 Å². The molecule has 0 atom stereocenters. The van der Waals surface area contributed by atoms with Gasteiger partial charge in [0.25, 0.3) is 5.91 Å². The molecule has 0 aliphatic heterocycles. The maximum atomic E-state index is 12.2. The van der Waals surface area contributed by atoms with Gasteiger partial charge in [-0.05, 0) is 18.6 Å². The highest BCUT2D eigenvalue weighted by Gasteiger charge is 2.16. The average Bonchev–Trinajstić information content (AvgIpc) is 2.97. The normalized spacial score (nSPS) is 10.5. The fraction of sp³-hybridized carbons (Fsp3) is 0.375. The number of thioether (sulfide) groups is 1. The highest BCUT2D eigenvalue weighted by atomic mass is 32.2. The van der Waals surface area contributed by atoms with Crippen molar-refractivity contribution in [2.24, 2.45) is 0 Å². The van der Waals surface area contributed by atoms with Crippen LogP contribution in [0, 0.1) is 0 Å². The summed E-state index contributed by atoms with van der Waals surface area (Å²) in [7, 11) is 1.46. The Bertz CT molecular complexity index is 799. The molecule has 0 fully saturated rings. The van der Waals surface area contributed by atoms with Gasteiger partial charge in [-0.25, -0.2) is 9.89 Å². The number of methoxy groups -OCH3 is 1. The Balaban J connectivity index is 1.95. The van der Waals surface area contributed by atoms with Gasteiger partial charge in [0.1, 0.15) is 5.75 Å². The van der Waals surface area contributed by atoms with Crippen LogP contribution in [-0.2, 0) is 11.3 Å². The van der Waals surface area contributed by atoms with Gasteiger partial charge in [0.15, 0.2) is 5.16 Å². The number of imide groups is 1. The Hall–Kier alpha value is -2.55. The molecular weight excluding hydrogens is 344 g/mol. The Kier molecular flexibility index (Phi) is 6.81. The van der Waals surface area contributed by atoms with Crippen molar-refractivity contribution in [1.82, 2.24) is 20.1 Å². The number of hydrogen-bond donors (Lipinski definition) is 2. The molecule has 9 heteroatoms. The maximum Gasteiger partial charge on any atom is 0.343 e. The van der Waals surface area contributed by atoms with Crippen LogP contribution in [0.5, 0.6) is 5.75 Å². The van der Waals surface area contributed by atoms with E-state index in [2.05, 4.69) is 15.5 Å². The Morgan fingerprint density at radius 3 is 2.84 bits per heavy atom. The van der Waals surface area contributed by atoms with Crippen LogP contribution < -0.4 is 15.7 Å². The molecule has 134 valence electrons. The number of para-hydroxylation sites is 1. The molecule has 0 saturated heterocycles. The van der Waals surface area contributed by atoms with Gasteiger partial charge in [-0.2, -0.15) is 0 Å². The molecule has 8 nitrogen and oxygen atoms in total. The van der Waals surface area contributed by atoms with Gasteiger partial charge in [0.2, 0.25) is 5.91 Å². The molecule has 2 rings (SSSR count). The third kappa shape index (κ3) is 4.96. The van der Waals surface area contributed by atoms with Gasteiger partial charge < -0.3 is 4.74 Å². The average molecular weight is 364 g/mol. The highest BCUT2D eigenvalue weighted by molar-refractivity contribution is 7.99. The van der Waals surface area contributed by atoms with Crippen molar-refractivity contribution >= 4 is 23.6 Å². The van der Waals surface area contributed by atoms with Gasteiger partial charge in [0.05, 0.1) is 18.4 Å². The molecule has 0 aliphatic carbocycles. The first-order valence-electron chi connectivity index (χ1n) is 7.82. The van der Waals surface area contributed by atoms with Gasteiger partial charge >= 0.3 is 5.69 Å². The quantitative estimate of drug-likeness (QED) is 0.687. The Labute approximate surface area is 149 Å². The molecule has 2 N–H and O–H groups in total. The molecule has 0 radical (unpaired) electrons. The largest absolute Gasteiger partial charge is 0.496 e. The maximum absolute atomic E-state index is 12.2. The second-order valence-electron chi connectivity index (χ2n) is 5.18. The summed E-state index contributed by atoms with van der Waals surface area (Å²) in [6, 6.07) is 6.64. The number of H-pyrrole nitrogens is 1. The number of carbonyl (C=O) groups is 2. The molecule has 0 spiro atoms. The van der Waals surface area contributed by atoms with Gasteiger partial charge in [-0.3, -0.25) is 19.5 Å². The number of benzene rings is 1. The first-order valence-corrected chi connectivity index (χ1v) is 8.80. The number of amides is 2. The number of aromatic nitrogens is 3. The number of aromatic amines is 1. The smallest absolute Gasteiger partial charge is 0.343 e. The molecule has 1 aromatic carbocycles. The molecule has 1 heterocycles. The number of ether oxygens (including phenoxy) is 1. The zero-order valence-electron chi connectivity index (χ0n) is 14.1. The van der Waals surface area contributed by atoms with E-state index in [9.17, 15) is 14.4 Å². The van der Waals surface area contributed by atoms with E-state index >= 15 is 0 Å². The van der Waals surface area contributed by atoms with E-state index in [0.29, 0.717) is 17.5 Å². The zero-order valence-corrected chi connectivity index (χ0v) is 14.9. The predicted octanol–water partition coefficient (Wildman–Crippen LogP) is 1.43. The lowest BCUT2D eigenvalue weighted by Crippen LogP contribution is -2.32. The van der Waals surface area contributed by atoms with E-state index in [1.807, 2.05) is 6.92 Å². The number of rotatable bonds is 8. The number of unbranched alkanes of at least 4 members (excludes halogenated alkanes) is 1. The van der Waals surface area contributed by atoms with Crippen molar-refractivity contribution in [3.63, 3.8) is 0 Å². The Morgan fingerprint density at radius 2 is 2.12 bits per heavy atom. The third-order valence-corrected chi connectivity index (χ3v) is 4.37. The van der Waals surface area contributed by atoms with Crippen LogP contribution in [0.2, 0.25) is 0 Å². The topological polar surface area (TPSA) is 106 Å². The first-order chi connectivity index (χ1) is 12.1. The van der Waals surface area contributed by atoms with E-state index in [-0.39, 0.29) is 17.0 Å². The van der Waals surface area contributed by atoms with E-state index in [1.165, 1.54) is 11.7 Å². The van der Waals surface area contributed by atoms with Crippen molar-refractivity contribution in [2.75, 3.05) is 12.9 Å². The standard InChI is InChI=1S/C16H20N4O4S/c1-3-4-9-20-15(23)18-19-16(20)25-10-13(21)17-14(22)11-7-5-6-8-12(11)24-2/h5-8H,3-4,9-10H2,1-2H3,(H,18,23)(H,17,21,22). The third-order valence-electron chi connectivity index (χ3n) is 3.40. The predicted molar refractivity (Wildman–Crippen MR) is 93.9 cm³/mol. The van der Waals surface area contributed by atoms with Crippen LogP contribution in [-0.4, -0.2) is 39.4 Å². The van der Waals surface area contributed by atoms with Crippen molar-refractivity contribution in [1.29, 1.82) is 0 Å². The molecule has 2 amide bonds. The molecule has 1 aromatic heterocycles. The van der Waals surface area contributed by atoms with Crippen LogP contribution in [0.3, 0.4) is 0 Å². The summed E-state index contributed by atoms with van der Waals surface area (Å²) in [5.74, 6) is -0.648. The van der Waals surface area contributed by atoms with Crippen molar-refractivity contribution in [3.05, 3.63) is 40.3 Å². The fourth-order valence-corrected chi connectivity index (χ4v) is 2.89. The SMILES string of the molecule is CCCCn1c(SCC(=O)NC(=O)c2ccccc2OC)n[nH]c1=O. The fourth-order valence-electron chi connectivity index (χ4n) is 2.12. The monoisotopic (exact) mass is 364 g/mol. The minimum Gasteiger partial charge on any atom is -0.496 e. The summed E-state index contributed by atoms with van der Waals surface area (Å²) < 4.78 is 6.59. The Morgan fingerprint density at radius 1 is 1.36 bits per heavy atom. The van der Waals surface area contributed by atoms with E-state index in [0.717, 1.165) is 24.6 Å². The second-order valence-corrected chi connectivity index (χ2v) is 6.13. The van der Waals surface area contributed by atoms with E-state index < -0.39 is 11.8 Å². The summed E-state index contributed by atoms with van der Waals surface area (Å²) in [6.45, 7) is 2.56. The van der Waals surface area contributed by atoms with E-state index in [4.69, 9.17) is 4.74 Å². The van der Waals surface area contributed by atoms with Gasteiger partial charge in [-0.15, -0.1) is 5.10 Å². The number of nitrogens with zero attached hydrogens (tertiary/aromatic N) is 2. The first kappa shape index (κ1) is 18.8. The summed E-state index contributed by atoms with van der Waals surface area (Å²) in [5.41, 5.74) is -0.0237. The zero-order chi connectivity index (χ0) is 18.2. The lowest BCUT2D eigenvalue weighted by Gasteiger charge is -2.08. The van der Waals surface area contributed by atoms with Crippen molar-refractivity contribution in [3.8, 4) is 5.75 Å². The van der Waals surface area contributed by atoms with Gasteiger partial charge in [0, 0.05) is 6.54 Å². The minimum atomic E-state index is -0.534. The van der Waals surface area contributed by atoms with Crippen LogP contribution in [0.15, 0.2) is 34.2 Å². The van der Waals surface area contributed by atoms with Crippen molar-refractivity contribution < 1.29 is 14.3 Å². The lowest BCUT2D eigenvalue weighted by molar-refractivity contribution is -0.117. The van der Waals surface area contributed by atoms with Crippen LogP contribution in [0.1, 0.15) is 30.1 Å². The van der Waals surface area contributed by atoms with Crippen LogP contribution in [0.4, 0.5) is 0 Å². The number of nitrogens with one attached hydrogen (secondary N) is 2. The van der Waals surface area contributed by atoms with E-state index in [1.54, 1.807) is 24.3 Å². The number of hydrogen-bond acceptors (Lipinski definition) is 6. The second kappa shape index (κ2) is 9.07. The molecule has 0 aliphatic rings.